The average Bonchev–Trinajstić information content (AvgIpc) is 2.97. The van der Waals surface area contributed by atoms with Crippen LogP contribution in [0.15, 0.2) is 36.5 Å². The van der Waals surface area contributed by atoms with Gasteiger partial charge >= 0.3 is 11.9 Å². The summed E-state index contributed by atoms with van der Waals surface area (Å²) in [6.45, 7) is 4.41. The number of allylic oxidation sites excluding steroid dienone is 6. The molecule has 0 bridgehead atoms. The summed E-state index contributed by atoms with van der Waals surface area (Å²) in [6.07, 6.45) is 43.1. The van der Waals surface area contributed by atoms with Gasteiger partial charge in [-0.1, -0.05) is 140 Å². The number of aliphatic carboxylic acids is 1. The minimum absolute atomic E-state index is 0.00789. The molecule has 0 amide bonds. The van der Waals surface area contributed by atoms with Crippen LogP contribution in [0.1, 0.15) is 187 Å². The van der Waals surface area contributed by atoms with Crippen LogP contribution in [0.2, 0.25) is 0 Å². The third kappa shape index (κ3) is 32.7. The van der Waals surface area contributed by atoms with Crippen molar-refractivity contribution < 1.29 is 19.4 Å². The van der Waals surface area contributed by atoms with Gasteiger partial charge in [-0.15, -0.1) is 0 Å². The van der Waals surface area contributed by atoms with Gasteiger partial charge in [0.2, 0.25) is 0 Å². The highest BCUT2D eigenvalue weighted by atomic mass is 16.5. The Bertz CT molecular complexity index is 679. The maximum absolute atomic E-state index is 12.6. The molecule has 0 radical (unpaired) electrons. The molecule has 0 aliphatic rings. The molecular formula is C38H68O4. The Morgan fingerprint density at radius 2 is 1.00 bits per heavy atom. The molecule has 0 aromatic heterocycles. The molecule has 0 aromatic rings. The van der Waals surface area contributed by atoms with Gasteiger partial charge in [-0.3, -0.25) is 9.59 Å². The number of rotatable bonds is 32. The highest BCUT2D eigenvalue weighted by molar-refractivity contribution is 5.69. The van der Waals surface area contributed by atoms with E-state index in [1.807, 2.05) is 0 Å². The highest BCUT2D eigenvalue weighted by Gasteiger charge is 2.14. The number of hydrogen-bond donors (Lipinski definition) is 1. The van der Waals surface area contributed by atoms with Crippen LogP contribution in [0.3, 0.4) is 0 Å². The Hall–Kier alpha value is -1.84. The number of hydrogen-bond acceptors (Lipinski definition) is 3. The molecule has 4 heteroatoms. The van der Waals surface area contributed by atoms with Gasteiger partial charge in [0.1, 0.15) is 6.10 Å². The minimum atomic E-state index is -0.684. The molecule has 0 saturated heterocycles. The average molecular weight is 589 g/mol. The molecule has 1 N–H and O–H groups in total. The van der Waals surface area contributed by atoms with Crippen molar-refractivity contribution in [1.82, 2.24) is 0 Å². The number of carbonyl (C=O) groups is 2. The van der Waals surface area contributed by atoms with Crippen molar-refractivity contribution in [3.63, 3.8) is 0 Å². The first kappa shape index (κ1) is 40.2. The van der Waals surface area contributed by atoms with Crippen LogP contribution in [-0.4, -0.2) is 23.1 Å². The molecule has 0 fully saturated rings. The second-order valence-electron chi connectivity index (χ2n) is 12.0. The first-order valence-electron chi connectivity index (χ1n) is 18.0. The van der Waals surface area contributed by atoms with E-state index in [9.17, 15) is 9.59 Å². The third-order valence-corrected chi connectivity index (χ3v) is 7.88. The van der Waals surface area contributed by atoms with E-state index < -0.39 is 5.97 Å². The van der Waals surface area contributed by atoms with Crippen molar-refractivity contribution in [2.45, 2.75) is 193 Å². The molecule has 1 unspecified atom stereocenters. The third-order valence-electron chi connectivity index (χ3n) is 7.88. The molecule has 0 aromatic carbocycles. The molecule has 0 heterocycles. The lowest BCUT2D eigenvalue weighted by molar-refractivity contribution is -0.150. The maximum Gasteiger partial charge on any atom is 0.306 e. The van der Waals surface area contributed by atoms with Gasteiger partial charge < -0.3 is 9.84 Å². The van der Waals surface area contributed by atoms with E-state index in [1.165, 1.54) is 83.5 Å². The van der Waals surface area contributed by atoms with E-state index in [2.05, 4.69) is 50.3 Å². The van der Waals surface area contributed by atoms with Gasteiger partial charge in [-0.05, 0) is 70.6 Å². The molecule has 0 aliphatic heterocycles. The molecule has 4 nitrogen and oxygen atoms in total. The van der Waals surface area contributed by atoms with Gasteiger partial charge in [0.25, 0.3) is 0 Å². The smallest absolute Gasteiger partial charge is 0.306 e. The van der Waals surface area contributed by atoms with Crippen molar-refractivity contribution in [2.75, 3.05) is 0 Å². The quantitative estimate of drug-likeness (QED) is 0.0482. The molecule has 0 aliphatic carbocycles. The number of carboxylic acids is 1. The highest BCUT2D eigenvalue weighted by Crippen LogP contribution is 2.18. The summed E-state index contributed by atoms with van der Waals surface area (Å²) in [5, 5.41) is 8.72. The Morgan fingerprint density at radius 1 is 0.548 bits per heavy atom. The summed E-state index contributed by atoms with van der Waals surface area (Å²) in [7, 11) is 0. The molecule has 42 heavy (non-hydrogen) atoms. The maximum atomic E-state index is 12.6. The van der Waals surface area contributed by atoms with Gasteiger partial charge in [-0.25, -0.2) is 0 Å². The largest absolute Gasteiger partial charge is 0.481 e. The van der Waals surface area contributed by atoms with Gasteiger partial charge in [0.05, 0.1) is 0 Å². The summed E-state index contributed by atoms with van der Waals surface area (Å²) in [6, 6.07) is 0. The first-order valence-corrected chi connectivity index (χ1v) is 18.0. The van der Waals surface area contributed by atoms with Crippen LogP contribution >= 0.6 is 0 Å². The summed E-state index contributed by atoms with van der Waals surface area (Å²) >= 11 is 0. The van der Waals surface area contributed by atoms with Crippen LogP contribution in [-0.2, 0) is 14.3 Å². The predicted molar refractivity (Wildman–Crippen MR) is 181 cm³/mol. The molecule has 1 atom stereocenters. The monoisotopic (exact) mass is 589 g/mol. The second-order valence-corrected chi connectivity index (χ2v) is 12.0. The summed E-state index contributed by atoms with van der Waals surface area (Å²) in [5.74, 6) is -0.676. The molecule has 244 valence electrons. The van der Waals surface area contributed by atoms with Gasteiger partial charge in [0, 0.05) is 12.8 Å². The molecule has 0 spiro atoms. The number of unbranched alkanes of at least 4 members (excludes halogenated alkanes) is 17. The fourth-order valence-electron chi connectivity index (χ4n) is 5.26. The van der Waals surface area contributed by atoms with Crippen LogP contribution in [0.5, 0.6) is 0 Å². The summed E-state index contributed by atoms with van der Waals surface area (Å²) in [5.41, 5.74) is 0. The Morgan fingerprint density at radius 3 is 1.55 bits per heavy atom. The second kappa shape index (κ2) is 33.7. The van der Waals surface area contributed by atoms with E-state index in [1.54, 1.807) is 0 Å². The van der Waals surface area contributed by atoms with E-state index >= 15 is 0 Å². The lowest BCUT2D eigenvalue weighted by atomic mass is 10.0. The predicted octanol–water partition coefficient (Wildman–Crippen LogP) is 12.2. The van der Waals surface area contributed by atoms with Gasteiger partial charge in [0.15, 0.2) is 0 Å². The minimum Gasteiger partial charge on any atom is -0.481 e. The fraction of sp³-hybridized carbons (Fsp3) is 0.789. The standard InChI is InChI=1S/C38H68O4/c1-3-5-7-9-11-12-13-14-15-16-17-18-23-27-31-35-38(41)42-36(32-28-24-10-8-6-4-2)33-29-25-21-19-20-22-26-30-34-37(39)40/h5,7,11-12,14-15,36H,3-4,6,8-10,13,16-35H2,1-2H3,(H,39,40)/b7-5-,12-11-,15-14-. The summed E-state index contributed by atoms with van der Waals surface area (Å²) in [4.78, 5) is 23.2. The van der Waals surface area contributed by atoms with E-state index in [0.717, 1.165) is 77.0 Å². The lowest BCUT2D eigenvalue weighted by Crippen LogP contribution is -2.18. The Balaban J connectivity index is 4.00. The lowest BCUT2D eigenvalue weighted by Gasteiger charge is -2.18. The van der Waals surface area contributed by atoms with Crippen molar-refractivity contribution in [3.8, 4) is 0 Å². The van der Waals surface area contributed by atoms with E-state index in [4.69, 9.17) is 9.84 Å². The Labute approximate surface area is 260 Å². The number of ether oxygens (including phenoxy) is 1. The zero-order valence-electron chi connectivity index (χ0n) is 27.8. The van der Waals surface area contributed by atoms with Crippen LogP contribution in [0.25, 0.3) is 0 Å². The number of esters is 1. The van der Waals surface area contributed by atoms with Crippen LogP contribution in [0, 0.1) is 0 Å². The van der Waals surface area contributed by atoms with Crippen molar-refractivity contribution in [2.24, 2.45) is 0 Å². The topological polar surface area (TPSA) is 63.6 Å². The molecule has 0 saturated carbocycles. The zero-order valence-corrected chi connectivity index (χ0v) is 27.8. The number of carboxylic acid groups (broad SMARTS) is 1. The van der Waals surface area contributed by atoms with E-state index in [0.29, 0.717) is 12.8 Å². The van der Waals surface area contributed by atoms with E-state index in [-0.39, 0.29) is 12.1 Å². The van der Waals surface area contributed by atoms with Crippen LogP contribution in [0.4, 0.5) is 0 Å². The number of carbonyl (C=O) groups excluding carboxylic acids is 1. The Kier molecular flexibility index (Phi) is 32.2. The first-order chi connectivity index (χ1) is 20.6. The van der Waals surface area contributed by atoms with Gasteiger partial charge in [-0.2, -0.15) is 0 Å². The van der Waals surface area contributed by atoms with Crippen molar-refractivity contribution in [3.05, 3.63) is 36.5 Å². The fourth-order valence-corrected chi connectivity index (χ4v) is 5.26. The molecule has 0 rings (SSSR count). The van der Waals surface area contributed by atoms with Crippen LogP contribution < -0.4 is 0 Å². The normalized spacial score (nSPS) is 12.6. The SMILES string of the molecule is CC/C=C\C/C=C\C/C=C\CCCCCCCC(=O)OC(CCCCCCCC)CCCCCCCCCCC(=O)O. The van der Waals surface area contributed by atoms with Crippen molar-refractivity contribution >= 4 is 11.9 Å². The summed E-state index contributed by atoms with van der Waals surface area (Å²) < 4.78 is 5.98. The zero-order chi connectivity index (χ0) is 30.8. The van der Waals surface area contributed by atoms with Crippen molar-refractivity contribution in [1.29, 1.82) is 0 Å². The molecular weight excluding hydrogens is 520 g/mol.